The van der Waals surface area contributed by atoms with E-state index in [2.05, 4.69) is 15.8 Å². The van der Waals surface area contributed by atoms with Crippen molar-refractivity contribution in [2.45, 2.75) is 6.92 Å². The molecular formula is C25H21N5O9. The number of phenolic OH excluding ortho intramolecular Hbond substituents is 2. The molecule has 39 heavy (non-hydrogen) atoms. The number of nitrogens with one attached hydrogen (secondary N) is 2. The number of rotatable bonds is 9. The lowest BCUT2D eigenvalue weighted by molar-refractivity contribution is -0.386. The van der Waals surface area contributed by atoms with Crippen LogP contribution in [0.3, 0.4) is 0 Å². The average Bonchev–Trinajstić information content (AvgIpc) is 2.91. The molecule has 200 valence electrons. The first-order valence-electron chi connectivity index (χ1n) is 11.0. The van der Waals surface area contributed by atoms with E-state index in [1.54, 1.807) is 18.2 Å². The van der Waals surface area contributed by atoms with Crippen LogP contribution >= 0.6 is 0 Å². The Balaban J connectivity index is 1.98. The molecule has 0 spiro atoms. The zero-order valence-corrected chi connectivity index (χ0v) is 20.4. The van der Waals surface area contributed by atoms with E-state index in [9.17, 15) is 40.0 Å². The number of nitro benzene ring substituents is 2. The van der Waals surface area contributed by atoms with Crippen molar-refractivity contribution >= 4 is 35.0 Å². The molecule has 0 heterocycles. The number of carbonyl (C=O) groups excluding carboxylic acids is 2. The maximum absolute atomic E-state index is 13.0. The highest BCUT2D eigenvalue weighted by Gasteiger charge is 2.21. The summed E-state index contributed by atoms with van der Waals surface area (Å²) < 4.78 is 4.98. The second-order valence-electron chi connectivity index (χ2n) is 7.82. The molecule has 14 nitrogen and oxygen atoms in total. The third-order valence-corrected chi connectivity index (χ3v) is 5.24. The first-order chi connectivity index (χ1) is 18.5. The van der Waals surface area contributed by atoms with Gasteiger partial charge in [-0.1, -0.05) is 24.3 Å². The van der Waals surface area contributed by atoms with E-state index in [0.717, 1.165) is 18.2 Å². The molecule has 4 N–H and O–H groups in total. The Kier molecular flexibility index (Phi) is 8.53. The predicted octanol–water partition coefficient (Wildman–Crippen LogP) is 3.23. The quantitative estimate of drug-likeness (QED) is 0.137. The Hall–Kier alpha value is -5.79. The van der Waals surface area contributed by atoms with E-state index < -0.39 is 38.8 Å². The lowest BCUT2D eigenvalue weighted by Gasteiger charge is -2.11. The van der Waals surface area contributed by atoms with Crippen LogP contribution in [0.1, 0.15) is 28.4 Å². The van der Waals surface area contributed by atoms with Crippen LogP contribution in [0.2, 0.25) is 0 Å². The van der Waals surface area contributed by atoms with Crippen molar-refractivity contribution in [1.29, 1.82) is 0 Å². The summed E-state index contributed by atoms with van der Waals surface area (Å²) in [5, 5.41) is 48.5. The van der Waals surface area contributed by atoms with Gasteiger partial charge in [-0.15, -0.1) is 0 Å². The maximum atomic E-state index is 13.0. The van der Waals surface area contributed by atoms with Gasteiger partial charge in [0.05, 0.1) is 22.7 Å². The number of nitro groups is 2. The van der Waals surface area contributed by atoms with Gasteiger partial charge in [-0.3, -0.25) is 29.8 Å². The second-order valence-corrected chi connectivity index (χ2v) is 7.82. The molecule has 0 aliphatic heterocycles. The van der Waals surface area contributed by atoms with Gasteiger partial charge in [0.15, 0.2) is 11.5 Å². The molecule has 0 fully saturated rings. The molecule has 0 aliphatic carbocycles. The van der Waals surface area contributed by atoms with Crippen LogP contribution in [0.4, 0.5) is 11.4 Å². The minimum Gasteiger partial charge on any atom is -0.507 e. The van der Waals surface area contributed by atoms with Gasteiger partial charge in [-0.25, -0.2) is 5.43 Å². The number of benzene rings is 3. The van der Waals surface area contributed by atoms with Gasteiger partial charge in [0, 0.05) is 29.3 Å². The van der Waals surface area contributed by atoms with Crippen LogP contribution in [0.15, 0.2) is 71.5 Å². The summed E-state index contributed by atoms with van der Waals surface area (Å²) in [5.74, 6) is -2.93. The van der Waals surface area contributed by atoms with Crippen molar-refractivity contribution in [3.8, 4) is 17.2 Å². The Labute approximate surface area is 220 Å². The number of hydrogen-bond donors (Lipinski definition) is 4. The molecule has 0 radical (unpaired) electrons. The third kappa shape index (κ3) is 6.71. The van der Waals surface area contributed by atoms with Gasteiger partial charge in [0.25, 0.3) is 11.8 Å². The summed E-state index contributed by atoms with van der Waals surface area (Å²) in [6.07, 6.45) is 1.18. The van der Waals surface area contributed by atoms with E-state index in [1.165, 1.54) is 44.4 Å². The van der Waals surface area contributed by atoms with Crippen LogP contribution in [0.25, 0.3) is 6.08 Å². The van der Waals surface area contributed by atoms with Gasteiger partial charge in [-0.2, -0.15) is 5.10 Å². The summed E-state index contributed by atoms with van der Waals surface area (Å²) in [5.41, 5.74) is 0.930. The maximum Gasteiger partial charge on any atom is 0.311 e. The first kappa shape index (κ1) is 27.8. The molecule has 0 saturated heterocycles. The number of carbonyl (C=O) groups is 2. The van der Waals surface area contributed by atoms with E-state index in [-0.39, 0.29) is 39.5 Å². The number of amides is 2. The minimum atomic E-state index is -0.954. The molecule has 3 rings (SSSR count). The largest absolute Gasteiger partial charge is 0.507 e. The Morgan fingerprint density at radius 1 is 0.949 bits per heavy atom. The fourth-order valence-electron chi connectivity index (χ4n) is 3.31. The van der Waals surface area contributed by atoms with Crippen LogP contribution in [0.5, 0.6) is 17.2 Å². The third-order valence-electron chi connectivity index (χ3n) is 5.24. The van der Waals surface area contributed by atoms with Crippen molar-refractivity contribution < 1.29 is 34.4 Å². The zero-order chi connectivity index (χ0) is 28.7. The SMILES string of the molecule is COc1ccc(/C=C(\NC(=O)c2ccccc2)C(=O)N/N=C(/C)c2cc([N+](=O)[O-])c(O)cc2O)cc1[N+](=O)[O-]. The Morgan fingerprint density at radius 3 is 2.23 bits per heavy atom. The molecule has 0 saturated carbocycles. The molecule has 3 aromatic rings. The molecule has 3 aromatic carbocycles. The van der Waals surface area contributed by atoms with Crippen LogP contribution < -0.4 is 15.5 Å². The topological polar surface area (TPSA) is 207 Å². The molecule has 0 aliphatic rings. The number of aromatic hydroxyl groups is 2. The highest BCUT2D eigenvalue weighted by molar-refractivity contribution is 6.07. The van der Waals surface area contributed by atoms with Crippen molar-refractivity contribution in [2.24, 2.45) is 5.10 Å². The number of hydrogen-bond acceptors (Lipinski definition) is 10. The van der Waals surface area contributed by atoms with Gasteiger partial charge in [0.2, 0.25) is 0 Å². The first-order valence-corrected chi connectivity index (χ1v) is 11.0. The summed E-state index contributed by atoms with van der Waals surface area (Å²) in [6.45, 7) is 1.33. The smallest absolute Gasteiger partial charge is 0.311 e. The van der Waals surface area contributed by atoms with Gasteiger partial charge >= 0.3 is 11.4 Å². The number of methoxy groups -OCH3 is 1. The summed E-state index contributed by atoms with van der Waals surface area (Å²) in [7, 11) is 1.26. The number of phenols is 2. The highest BCUT2D eigenvalue weighted by atomic mass is 16.6. The lowest BCUT2D eigenvalue weighted by Crippen LogP contribution is -2.33. The van der Waals surface area contributed by atoms with E-state index >= 15 is 0 Å². The normalized spacial score (nSPS) is 11.4. The minimum absolute atomic E-state index is 0.0144. The summed E-state index contributed by atoms with van der Waals surface area (Å²) in [4.78, 5) is 46.8. The molecule has 0 atom stereocenters. The molecule has 14 heteroatoms. The van der Waals surface area contributed by atoms with Gasteiger partial charge < -0.3 is 20.3 Å². The van der Waals surface area contributed by atoms with Gasteiger partial charge in [-0.05, 0) is 36.8 Å². The van der Waals surface area contributed by atoms with Crippen LogP contribution in [-0.2, 0) is 4.79 Å². The van der Waals surface area contributed by atoms with Crippen LogP contribution in [0, 0.1) is 20.2 Å². The molecule has 0 aromatic heterocycles. The summed E-state index contributed by atoms with van der Waals surface area (Å²) in [6, 6.07) is 13.5. The number of nitrogens with zero attached hydrogens (tertiary/aromatic N) is 3. The zero-order valence-electron chi connectivity index (χ0n) is 20.4. The van der Waals surface area contributed by atoms with Crippen LogP contribution in [-0.4, -0.2) is 44.7 Å². The van der Waals surface area contributed by atoms with Crippen molar-refractivity contribution in [3.05, 3.63) is 103 Å². The lowest BCUT2D eigenvalue weighted by atomic mass is 10.1. The fraction of sp³-hybridized carbons (Fsp3) is 0.0800. The van der Waals surface area contributed by atoms with Crippen molar-refractivity contribution in [1.82, 2.24) is 10.7 Å². The Bertz CT molecular complexity index is 1520. The second kappa shape index (κ2) is 12.0. The van der Waals surface area contributed by atoms with E-state index in [1.807, 2.05) is 0 Å². The fourth-order valence-corrected chi connectivity index (χ4v) is 3.31. The average molecular weight is 535 g/mol. The molecular weight excluding hydrogens is 514 g/mol. The molecule has 0 bridgehead atoms. The van der Waals surface area contributed by atoms with E-state index in [4.69, 9.17) is 4.74 Å². The summed E-state index contributed by atoms with van der Waals surface area (Å²) >= 11 is 0. The van der Waals surface area contributed by atoms with Crippen molar-refractivity contribution in [2.75, 3.05) is 7.11 Å². The predicted molar refractivity (Wildman–Crippen MR) is 138 cm³/mol. The highest BCUT2D eigenvalue weighted by Crippen LogP contribution is 2.33. The van der Waals surface area contributed by atoms with Crippen molar-refractivity contribution in [3.63, 3.8) is 0 Å². The van der Waals surface area contributed by atoms with Gasteiger partial charge in [0.1, 0.15) is 11.4 Å². The molecule has 2 amide bonds. The molecule has 0 unspecified atom stereocenters. The number of ether oxygens (including phenoxy) is 1. The monoisotopic (exact) mass is 535 g/mol. The standard InChI is InChI=1S/C25H21N5O9/c1-14(17-12-19(29(35)36)22(32)13-21(17)31)27-28-25(34)18(26-24(33)16-6-4-3-5-7-16)10-15-8-9-23(39-2)20(11-15)30(37)38/h3-13,31-32H,1-2H3,(H,26,33)(H,28,34)/b18-10-,27-14-. The van der Waals surface area contributed by atoms with E-state index in [0.29, 0.717) is 0 Å². The number of hydrazone groups is 1. The Morgan fingerprint density at radius 2 is 1.62 bits per heavy atom.